The van der Waals surface area contributed by atoms with E-state index >= 15 is 0 Å². The van der Waals surface area contributed by atoms with Crippen LogP contribution >= 0.6 is 11.8 Å². The van der Waals surface area contributed by atoms with Crippen LogP contribution in [0.25, 0.3) is 0 Å². The number of hydrogen-bond acceptors (Lipinski definition) is 4. The molecule has 5 nitrogen and oxygen atoms in total. The first-order chi connectivity index (χ1) is 10.6. The largest absolute Gasteiger partial charge is 0.341 e. The minimum atomic E-state index is -0.164. The van der Waals surface area contributed by atoms with E-state index in [1.807, 2.05) is 16.9 Å². The Morgan fingerprint density at radius 2 is 2.27 bits per heavy atom. The van der Waals surface area contributed by atoms with Gasteiger partial charge in [-0.3, -0.25) is 9.59 Å². The van der Waals surface area contributed by atoms with Gasteiger partial charge in [0.2, 0.25) is 0 Å². The fourth-order valence-electron chi connectivity index (χ4n) is 3.49. The fraction of sp³-hybridized carbons (Fsp3) is 0.625. The van der Waals surface area contributed by atoms with Crippen molar-refractivity contribution >= 4 is 17.7 Å². The van der Waals surface area contributed by atoms with Gasteiger partial charge < -0.3 is 14.8 Å². The average molecular weight is 321 g/mol. The van der Waals surface area contributed by atoms with Crippen molar-refractivity contribution in [2.24, 2.45) is 5.92 Å². The minimum absolute atomic E-state index is 0.116. The molecule has 120 valence electrons. The fourth-order valence-corrected chi connectivity index (χ4v) is 3.95. The predicted octanol–water partition coefficient (Wildman–Crippen LogP) is 0.990. The molecule has 0 saturated carbocycles. The van der Waals surface area contributed by atoms with Crippen LogP contribution in [-0.4, -0.2) is 54.1 Å². The maximum atomic E-state index is 12.8. The van der Waals surface area contributed by atoms with Crippen molar-refractivity contribution in [2.75, 3.05) is 38.7 Å². The molecule has 2 atom stereocenters. The third kappa shape index (κ3) is 2.82. The summed E-state index contributed by atoms with van der Waals surface area (Å²) in [7, 11) is 1.76. The van der Waals surface area contributed by atoms with E-state index in [0.717, 1.165) is 37.5 Å². The summed E-state index contributed by atoms with van der Waals surface area (Å²) in [6.07, 6.45) is 3.16. The first kappa shape index (κ1) is 15.6. The quantitative estimate of drug-likeness (QED) is 0.898. The summed E-state index contributed by atoms with van der Waals surface area (Å²) >= 11 is 1.70. The molecule has 2 aliphatic heterocycles. The number of aromatic nitrogens is 1. The summed E-state index contributed by atoms with van der Waals surface area (Å²) in [5.74, 6) is 1.62. The van der Waals surface area contributed by atoms with E-state index in [1.54, 1.807) is 29.8 Å². The first-order valence-electron chi connectivity index (χ1n) is 7.80. The second-order valence-corrected chi connectivity index (χ2v) is 7.25. The van der Waals surface area contributed by atoms with E-state index in [1.165, 1.54) is 0 Å². The molecule has 3 heterocycles. The van der Waals surface area contributed by atoms with Crippen molar-refractivity contribution in [3.05, 3.63) is 33.7 Å². The standard InChI is InChI=1S/C16H23N3O2S/c1-18(5-6-22-2)15(20)13-3-4-14-12-7-11(8-17-9-12)10-19(14)16(13)21/h3-4,11-12,17H,5-10H2,1-2H3/t11-,12+/m0/s1. The highest BCUT2D eigenvalue weighted by molar-refractivity contribution is 7.98. The lowest BCUT2D eigenvalue weighted by atomic mass is 9.84. The van der Waals surface area contributed by atoms with Crippen molar-refractivity contribution < 1.29 is 4.79 Å². The number of nitrogens with one attached hydrogen (secondary N) is 1. The zero-order chi connectivity index (χ0) is 15.7. The maximum Gasteiger partial charge on any atom is 0.263 e. The molecule has 2 bridgehead atoms. The normalized spacial score (nSPS) is 23.0. The SMILES string of the molecule is CSCCN(C)C(=O)c1ccc2n(c1=O)C[C@@H]1CNC[C@H]2C1. The van der Waals surface area contributed by atoms with E-state index in [0.29, 0.717) is 23.9 Å². The number of hydrogen-bond donors (Lipinski definition) is 1. The Morgan fingerprint density at radius 3 is 3.05 bits per heavy atom. The van der Waals surface area contributed by atoms with Crippen LogP contribution in [0.5, 0.6) is 0 Å². The molecule has 0 aliphatic carbocycles. The third-order valence-corrected chi connectivity index (χ3v) is 5.31. The molecule has 1 N–H and O–H groups in total. The first-order valence-corrected chi connectivity index (χ1v) is 9.20. The van der Waals surface area contributed by atoms with Crippen LogP contribution < -0.4 is 10.9 Å². The number of amides is 1. The Balaban J connectivity index is 1.90. The van der Waals surface area contributed by atoms with Crippen LogP contribution in [0.2, 0.25) is 0 Å². The van der Waals surface area contributed by atoms with Crippen LogP contribution in [0.15, 0.2) is 16.9 Å². The minimum Gasteiger partial charge on any atom is -0.341 e. The molecule has 1 saturated heterocycles. The molecule has 3 rings (SSSR count). The lowest BCUT2D eigenvalue weighted by Gasteiger charge is -2.37. The lowest BCUT2D eigenvalue weighted by molar-refractivity contribution is 0.0800. The molecule has 2 aliphatic rings. The molecule has 6 heteroatoms. The number of carbonyl (C=O) groups is 1. The van der Waals surface area contributed by atoms with Gasteiger partial charge in [0, 0.05) is 44.0 Å². The van der Waals surface area contributed by atoms with Crippen molar-refractivity contribution in [1.82, 2.24) is 14.8 Å². The van der Waals surface area contributed by atoms with Gasteiger partial charge in [0.15, 0.2) is 0 Å². The summed E-state index contributed by atoms with van der Waals surface area (Å²) in [5.41, 5.74) is 1.27. The summed E-state index contributed by atoms with van der Waals surface area (Å²) < 4.78 is 1.84. The molecular weight excluding hydrogens is 298 g/mol. The summed E-state index contributed by atoms with van der Waals surface area (Å²) in [6.45, 7) is 3.29. The number of rotatable bonds is 4. The summed E-state index contributed by atoms with van der Waals surface area (Å²) in [6, 6.07) is 3.70. The molecule has 22 heavy (non-hydrogen) atoms. The predicted molar refractivity (Wildman–Crippen MR) is 89.8 cm³/mol. The Hall–Kier alpha value is -1.27. The van der Waals surface area contributed by atoms with Gasteiger partial charge in [0.1, 0.15) is 5.56 Å². The number of piperidine rings is 1. The lowest BCUT2D eigenvalue weighted by Crippen LogP contribution is -2.46. The van der Waals surface area contributed by atoms with Crippen LogP contribution in [0.4, 0.5) is 0 Å². The number of nitrogens with zero attached hydrogens (tertiary/aromatic N) is 2. The highest BCUT2D eigenvalue weighted by Crippen LogP contribution is 2.31. The van der Waals surface area contributed by atoms with Gasteiger partial charge in [-0.15, -0.1) is 0 Å². The van der Waals surface area contributed by atoms with Crippen molar-refractivity contribution in [1.29, 1.82) is 0 Å². The Bertz CT molecular complexity index is 628. The van der Waals surface area contributed by atoms with Gasteiger partial charge in [-0.2, -0.15) is 11.8 Å². The number of fused-ring (bicyclic) bond motifs is 4. The molecular formula is C16H23N3O2S. The number of carbonyl (C=O) groups excluding carboxylic acids is 1. The molecule has 0 aromatic carbocycles. The van der Waals surface area contributed by atoms with Crippen LogP contribution in [0, 0.1) is 5.92 Å². The van der Waals surface area contributed by atoms with Gasteiger partial charge in [0.05, 0.1) is 0 Å². The van der Waals surface area contributed by atoms with E-state index < -0.39 is 0 Å². The number of thioether (sulfide) groups is 1. The molecule has 1 aromatic rings. The van der Waals surface area contributed by atoms with Crippen LogP contribution in [0.1, 0.15) is 28.4 Å². The molecule has 1 fully saturated rings. The van der Waals surface area contributed by atoms with Crippen molar-refractivity contribution in [3.8, 4) is 0 Å². The Kier molecular flexibility index (Phi) is 4.59. The highest BCUT2D eigenvalue weighted by Gasteiger charge is 2.32. The van der Waals surface area contributed by atoms with Crippen LogP contribution in [0.3, 0.4) is 0 Å². The Morgan fingerprint density at radius 1 is 1.45 bits per heavy atom. The maximum absolute atomic E-state index is 12.8. The number of pyridine rings is 1. The topological polar surface area (TPSA) is 54.3 Å². The van der Waals surface area contributed by atoms with Crippen molar-refractivity contribution in [2.45, 2.75) is 18.9 Å². The molecule has 0 spiro atoms. The van der Waals surface area contributed by atoms with E-state index in [9.17, 15) is 9.59 Å². The van der Waals surface area contributed by atoms with Gasteiger partial charge in [-0.1, -0.05) is 0 Å². The molecule has 0 unspecified atom stereocenters. The summed E-state index contributed by atoms with van der Waals surface area (Å²) in [4.78, 5) is 26.9. The monoisotopic (exact) mass is 321 g/mol. The zero-order valence-corrected chi connectivity index (χ0v) is 14.0. The molecule has 1 aromatic heterocycles. The Labute approximate surface area is 135 Å². The van der Waals surface area contributed by atoms with Gasteiger partial charge in [-0.05, 0) is 37.3 Å². The van der Waals surface area contributed by atoms with Crippen molar-refractivity contribution in [3.63, 3.8) is 0 Å². The smallest absolute Gasteiger partial charge is 0.263 e. The van der Waals surface area contributed by atoms with E-state index in [-0.39, 0.29) is 11.5 Å². The van der Waals surface area contributed by atoms with Crippen LogP contribution in [-0.2, 0) is 6.54 Å². The molecule has 1 amide bonds. The van der Waals surface area contributed by atoms with Gasteiger partial charge in [0.25, 0.3) is 11.5 Å². The van der Waals surface area contributed by atoms with Gasteiger partial charge in [-0.25, -0.2) is 0 Å². The summed E-state index contributed by atoms with van der Waals surface area (Å²) in [5, 5.41) is 3.43. The highest BCUT2D eigenvalue weighted by atomic mass is 32.2. The molecule has 0 radical (unpaired) electrons. The van der Waals surface area contributed by atoms with Gasteiger partial charge >= 0.3 is 0 Å². The van der Waals surface area contributed by atoms with E-state index in [4.69, 9.17) is 0 Å². The second-order valence-electron chi connectivity index (χ2n) is 6.26. The average Bonchev–Trinajstić information content (AvgIpc) is 2.53. The van der Waals surface area contributed by atoms with E-state index in [2.05, 4.69) is 5.32 Å². The third-order valence-electron chi connectivity index (χ3n) is 4.72. The second kappa shape index (κ2) is 6.46. The zero-order valence-electron chi connectivity index (χ0n) is 13.2.